The SMILES string of the molecule is CC1CCc2nc3ccccc3c(C(=O)OCCOc3ccc(Br)cc3)c2C1. The Morgan fingerprint density at radius 3 is 2.75 bits per heavy atom. The van der Waals surface area contributed by atoms with Gasteiger partial charge in [0.25, 0.3) is 0 Å². The van der Waals surface area contributed by atoms with Gasteiger partial charge in [0.15, 0.2) is 0 Å². The van der Waals surface area contributed by atoms with Crippen LogP contribution in [0.4, 0.5) is 0 Å². The van der Waals surface area contributed by atoms with E-state index in [-0.39, 0.29) is 12.6 Å². The van der Waals surface area contributed by atoms with Crippen molar-refractivity contribution in [1.29, 1.82) is 0 Å². The van der Waals surface area contributed by atoms with E-state index >= 15 is 0 Å². The van der Waals surface area contributed by atoms with Gasteiger partial charge in [0.2, 0.25) is 0 Å². The Morgan fingerprint density at radius 2 is 1.93 bits per heavy atom. The summed E-state index contributed by atoms with van der Waals surface area (Å²) in [6.07, 6.45) is 2.88. The second-order valence-electron chi connectivity index (χ2n) is 7.22. The van der Waals surface area contributed by atoms with Crippen LogP contribution in [-0.4, -0.2) is 24.2 Å². The number of rotatable bonds is 5. The first-order valence-corrected chi connectivity index (χ1v) is 10.4. The van der Waals surface area contributed by atoms with Gasteiger partial charge >= 0.3 is 5.97 Å². The lowest BCUT2D eigenvalue weighted by molar-refractivity contribution is 0.0451. The zero-order chi connectivity index (χ0) is 19.5. The van der Waals surface area contributed by atoms with E-state index in [1.807, 2.05) is 48.5 Å². The number of carbonyl (C=O) groups is 1. The van der Waals surface area contributed by atoms with E-state index in [4.69, 9.17) is 14.5 Å². The molecule has 4 rings (SSSR count). The van der Waals surface area contributed by atoms with Crippen molar-refractivity contribution in [3.63, 3.8) is 0 Å². The van der Waals surface area contributed by atoms with Gasteiger partial charge in [-0.1, -0.05) is 41.1 Å². The fraction of sp³-hybridized carbons (Fsp3) is 0.304. The number of carbonyl (C=O) groups excluding carboxylic acids is 1. The lowest BCUT2D eigenvalue weighted by Crippen LogP contribution is -2.20. The van der Waals surface area contributed by atoms with Gasteiger partial charge in [-0.25, -0.2) is 4.79 Å². The number of aryl methyl sites for hydroxylation is 1. The smallest absolute Gasteiger partial charge is 0.339 e. The van der Waals surface area contributed by atoms with Crippen LogP contribution in [0, 0.1) is 5.92 Å². The number of hydrogen-bond donors (Lipinski definition) is 0. The summed E-state index contributed by atoms with van der Waals surface area (Å²) in [6, 6.07) is 15.4. The van der Waals surface area contributed by atoms with Crippen LogP contribution in [0.5, 0.6) is 5.75 Å². The highest BCUT2D eigenvalue weighted by Gasteiger charge is 2.26. The van der Waals surface area contributed by atoms with Crippen molar-refractivity contribution in [2.45, 2.75) is 26.2 Å². The molecule has 0 saturated carbocycles. The van der Waals surface area contributed by atoms with Crippen LogP contribution in [0.15, 0.2) is 53.0 Å². The molecule has 3 aromatic rings. The fourth-order valence-corrected chi connectivity index (χ4v) is 3.96. The van der Waals surface area contributed by atoms with Gasteiger partial charge in [-0.15, -0.1) is 0 Å². The number of aromatic nitrogens is 1. The Bertz CT molecular complexity index is 1000. The maximum Gasteiger partial charge on any atom is 0.339 e. The third kappa shape index (κ3) is 4.04. The number of esters is 1. The number of nitrogens with zero attached hydrogens (tertiary/aromatic N) is 1. The zero-order valence-electron chi connectivity index (χ0n) is 15.8. The zero-order valence-corrected chi connectivity index (χ0v) is 17.4. The molecule has 0 saturated heterocycles. The number of fused-ring (bicyclic) bond motifs is 2. The van der Waals surface area contributed by atoms with Gasteiger partial charge in [0.1, 0.15) is 19.0 Å². The maximum absolute atomic E-state index is 13.0. The Labute approximate surface area is 173 Å². The molecule has 5 heteroatoms. The summed E-state index contributed by atoms with van der Waals surface area (Å²) in [7, 11) is 0. The van der Waals surface area contributed by atoms with Gasteiger partial charge in [-0.3, -0.25) is 4.98 Å². The number of para-hydroxylation sites is 1. The topological polar surface area (TPSA) is 48.4 Å². The van der Waals surface area contributed by atoms with Gasteiger partial charge in [-0.2, -0.15) is 0 Å². The summed E-state index contributed by atoms with van der Waals surface area (Å²) in [5, 5.41) is 0.870. The number of benzene rings is 2. The summed E-state index contributed by atoms with van der Waals surface area (Å²) in [6.45, 7) is 2.74. The van der Waals surface area contributed by atoms with E-state index in [0.717, 1.165) is 51.6 Å². The molecule has 0 amide bonds. The van der Waals surface area contributed by atoms with Crippen LogP contribution in [0.25, 0.3) is 10.9 Å². The van der Waals surface area contributed by atoms with Crippen LogP contribution >= 0.6 is 15.9 Å². The average molecular weight is 440 g/mol. The molecular formula is C23H22BrNO3. The quantitative estimate of drug-likeness (QED) is 0.396. The molecule has 0 spiro atoms. The molecule has 0 bridgehead atoms. The maximum atomic E-state index is 13.0. The third-order valence-corrected chi connectivity index (χ3v) is 5.64. The largest absolute Gasteiger partial charge is 0.490 e. The first kappa shape index (κ1) is 18.9. The highest BCUT2D eigenvalue weighted by atomic mass is 79.9. The second-order valence-corrected chi connectivity index (χ2v) is 8.13. The fourth-order valence-electron chi connectivity index (χ4n) is 3.69. The Morgan fingerprint density at radius 1 is 1.14 bits per heavy atom. The first-order chi connectivity index (χ1) is 13.6. The summed E-state index contributed by atoms with van der Waals surface area (Å²) in [5.41, 5.74) is 3.62. The van der Waals surface area contributed by atoms with Gasteiger partial charge in [0.05, 0.1) is 11.1 Å². The molecule has 1 atom stereocenters. The van der Waals surface area contributed by atoms with Gasteiger partial charge in [0, 0.05) is 15.6 Å². The van der Waals surface area contributed by atoms with Crippen molar-refractivity contribution < 1.29 is 14.3 Å². The predicted molar refractivity (Wildman–Crippen MR) is 113 cm³/mol. The predicted octanol–water partition coefficient (Wildman–Crippen LogP) is 5.36. The van der Waals surface area contributed by atoms with E-state index in [0.29, 0.717) is 18.1 Å². The minimum Gasteiger partial charge on any atom is -0.490 e. The van der Waals surface area contributed by atoms with Crippen LogP contribution in [0.3, 0.4) is 0 Å². The van der Waals surface area contributed by atoms with E-state index < -0.39 is 0 Å². The van der Waals surface area contributed by atoms with E-state index in [1.54, 1.807) is 0 Å². The molecular weight excluding hydrogens is 418 g/mol. The van der Waals surface area contributed by atoms with Crippen LogP contribution < -0.4 is 4.74 Å². The van der Waals surface area contributed by atoms with Crippen molar-refractivity contribution >= 4 is 32.8 Å². The summed E-state index contributed by atoms with van der Waals surface area (Å²) < 4.78 is 12.2. The van der Waals surface area contributed by atoms with E-state index in [2.05, 4.69) is 22.9 Å². The molecule has 1 aliphatic carbocycles. The summed E-state index contributed by atoms with van der Waals surface area (Å²) in [4.78, 5) is 17.8. The molecule has 144 valence electrons. The molecule has 0 aliphatic heterocycles. The highest BCUT2D eigenvalue weighted by molar-refractivity contribution is 9.10. The molecule has 1 unspecified atom stereocenters. The van der Waals surface area contributed by atoms with E-state index in [1.165, 1.54) is 0 Å². The standard InChI is InChI=1S/C23H22BrNO3/c1-15-6-11-21-19(14-15)22(18-4-2-3-5-20(18)25-21)23(26)28-13-12-27-17-9-7-16(24)8-10-17/h2-5,7-10,15H,6,11-14H2,1H3. The molecule has 0 radical (unpaired) electrons. The molecule has 0 N–H and O–H groups in total. The average Bonchev–Trinajstić information content (AvgIpc) is 2.70. The molecule has 4 nitrogen and oxygen atoms in total. The Hall–Kier alpha value is -2.40. The molecule has 1 aromatic heterocycles. The Kier molecular flexibility index (Phi) is 5.62. The molecule has 1 heterocycles. The van der Waals surface area contributed by atoms with Crippen LogP contribution in [0.2, 0.25) is 0 Å². The molecule has 28 heavy (non-hydrogen) atoms. The third-order valence-electron chi connectivity index (χ3n) is 5.11. The van der Waals surface area contributed by atoms with Crippen molar-refractivity contribution in [1.82, 2.24) is 4.98 Å². The van der Waals surface area contributed by atoms with Gasteiger partial charge < -0.3 is 9.47 Å². The highest BCUT2D eigenvalue weighted by Crippen LogP contribution is 2.32. The molecule has 1 aliphatic rings. The minimum absolute atomic E-state index is 0.204. The number of ether oxygens (including phenoxy) is 2. The molecule has 0 fully saturated rings. The van der Waals surface area contributed by atoms with Crippen molar-refractivity contribution in [3.8, 4) is 5.75 Å². The summed E-state index contributed by atoms with van der Waals surface area (Å²) in [5.74, 6) is 1.01. The first-order valence-electron chi connectivity index (χ1n) is 9.58. The lowest BCUT2D eigenvalue weighted by Gasteiger charge is -2.24. The van der Waals surface area contributed by atoms with Crippen LogP contribution in [-0.2, 0) is 17.6 Å². The van der Waals surface area contributed by atoms with Crippen molar-refractivity contribution in [3.05, 3.63) is 69.8 Å². The number of hydrogen-bond acceptors (Lipinski definition) is 4. The molecule has 2 aromatic carbocycles. The number of halogens is 1. The minimum atomic E-state index is -0.289. The van der Waals surface area contributed by atoms with Crippen LogP contribution in [0.1, 0.15) is 35.0 Å². The van der Waals surface area contributed by atoms with E-state index in [9.17, 15) is 4.79 Å². The Balaban J connectivity index is 1.51. The van der Waals surface area contributed by atoms with Crippen molar-refractivity contribution in [2.75, 3.05) is 13.2 Å². The second kappa shape index (κ2) is 8.31. The van der Waals surface area contributed by atoms with Crippen molar-refractivity contribution in [2.24, 2.45) is 5.92 Å². The van der Waals surface area contributed by atoms with Gasteiger partial charge in [-0.05, 0) is 61.1 Å². The summed E-state index contributed by atoms with van der Waals surface area (Å²) >= 11 is 3.40. The monoisotopic (exact) mass is 439 g/mol. The number of pyridine rings is 1. The normalized spacial score (nSPS) is 15.9. The lowest BCUT2D eigenvalue weighted by atomic mass is 9.84.